The van der Waals surface area contributed by atoms with Crippen molar-refractivity contribution in [1.29, 1.82) is 0 Å². The van der Waals surface area contributed by atoms with Gasteiger partial charge < -0.3 is 31.3 Å². The van der Waals surface area contributed by atoms with Crippen molar-refractivity contribution in [2.24, 2.45) is 0 Å². The number of carbonyl (C=O) groups excluding carboxylic acids is 2. The maximum atomic E-state index is 12.3. The minimum atomic E-state index is -1.26. The molecule has 2 rings (SSSR count). The Labute approximate surface area is 256 Å². The number of amides is 3. The molecule has 2 aromatic heterocycles. The number of aliphatic carboxylic acids is 3. The van der Waals surface area contributed by atoms with Crippen LogP contribution in [0.2, 0.25) is 0 Å². The molecule has 0 aromatic carbocycles. The largest absolute Gasteiger partial charge is 0.481 e. The Hall–Kier alpha value is -4.59. The maximum absolute atomic E-state index is 12.3. The average Bonchev–Trinajstić information content (AvgIpc) is 2.98. The Morgan fingerprint density at radius 1 is 0.750 bits per heavy atom. The number of nitrogens with one attached hydrogen (secondary N) is 3. The van der Waals surface area contributed by atoms with Crippen molar-refractivity contribution in [1.82, 2.24) is 30.8 Å². The first kappa shape index (κ1) is 35.6. The maximum Gasteiger partial charge on any atom is 0.326 e. The van der Waals surface area contributed by atoms with Gasteiger partial charge in [0.15, 0.2) is 0 Å². The molecule has 2 heterocycles. The van der Waals surface area contributed by atoms with Gasteiger partial charge in [-0.15, -0.1) is 0 Å². The van der Waals surface area contributed by atoms with E-state index in [0.29, 0.717) is 45.3 Å². The first-order chi connectivity index (χ1) is 21.1. The number of rotatable bonds is 22. The molecule has 0 bridgehead atoms. The van der Waals surface area contributed by atoms with Crippen LogP contribution in [0.1, 0.15) is 69.2 Å². The van der Waals surface area contributed by atoms with Gasteiger partial charge >= 0.3 is 23.9 Å². The van der Waals surface area contributed by atoms with Crippen molar-refractivity contribution < 1.29 is 39.3 Å². The third kappa shape index (κ3) is 16.2. The van der Waals surface area contributed by atoms with Crippen molar-refractivity contribution in [3.8, 4) is 0 Å². The number of unbranched alkanes of at least 4 members (excludes halogenated alkanes) is 2. The SMILES string of the molecule is O=C(O)CCC(CC(=O)O)NC(=O)NC(CCCCNC(=O)CCCCN(Cc1ccccn1)Cc1ccccn1)C(=O)O. The van der Waals surface area contributed by atoms with Crippen LogP contribution >= 0.6 is 0 Å². The molecule has 0 radical (unpaired) electrons. The Bertz CT molecular complexity index is 1140. The number of carboxylic acid groups (broad SMARTS) is 3. The minimum Gasteiger partial charge on any atom is -0.481 e. The summed E-state index contributed by atoms with van der Waals surface area (Å²) in [5, 5.41) is 34.7. The zero-order valence-electron chi connectivity index (χ0n) is 24.7. The number of aromatic nitrogens is 2. The van der Waals surface area contributed by atoms with E-state index in [1.165, 1.54) is 0 Å². The lowest BCUT2D eigenvalue weighted by molar-refractivity contribution is -0.140. The minimum absolute atomic E-state index is 0.0934. The fourth-order valence-corrected chi connectivity index (χ4v) is 4.44. The summed E-state index contributed by atoms with van der Waals surface area (Å²) in [6.07, 6.45) is 5.45. The molecule has 2 unspecified atom stereocenters. The molecule has 3 amide bonds. The highest BCUT2D eigenvalue weighted by Gasteiger charge is 2.22. The summed E-state index contributed by atoms with van der Waals surface area (Å²) in [6, 6.07) is 8.54. The summed E-state index contributed by atoms with van der Waals surface area (Å²) in [6.45, 7) is 2.48. The second kappa shape index (κ2) is 20.3. The van der Waals surface area contributed by atoms with Crippen LogP contribution in [-0.2, 0) is 32.3 Å². The van der Waals surface area contributed by atoms with E-state index in [4.69, 9.17) is 10.2 Å². The van der Waals surface area contributed by atoms with Crippen LogP contribution in [0.4, 0.5) is 4.79 Å². The molecule has 14 nitrogen and oxygen atoms in total. The molecule has 240 valence electrons. The highest BCUT2D eigenvalue weighted by molar-refractivity contribution is 5.83. The number of hydrogen-bond acceptors (Lipinski definition) is 8. The second-order valence-electron chi connectivity index (χ2n) is 10.4. The lowest BCUT2D eigenvalue weighted by Gasteiger charge is -2.21. The van der Waals surface area contributed by atoms with Crippen molar-refractivity contribution in [3.63, 3.8) is 0 Å². The highest BCUT2D eigenvalue weighted by atomic mass is 16.4. The van der Waals surface area contributed by atoms with Crippen LogP contribution in [0.3, 0.4) is 0 Å². The van der Waals surface area contributed by atoms with E-state index < -0.39 is 42.4 Å². The Morgan fingerprint density at radius 3 is 1.95 bits per heavy atom. The summed E-state index contributed by atoms with van der Waals surface area (Å²) in [5.41, 5.74) is 1.92. The van der Waals surface area contributed by atoms with Crippen LogP contribution in [0.5, 0.6) is 0 Å². The van der Waals surface area contributed by atoms with E-state index >= 15 is 0 Å². The molecule has 0 fully saturated rings. The van der Waals surface area contributed by atoms with E-state index in [-0.39, 0.29) is 25.2 Å². The summed E-state index contributed by atoms with van der Waals surface area (Å²) >= 11 is 0. The lowest BCUT2D eigenvalue weighted by Crippen LogP contribution is -2.49. The van der Waals surface area contributed by atoms with E-state index in [2.05, 4.69) is 30.8 Å². The van der Waals surface area contributed by atoms with Gasteiger partial charge in [0.25, 0.3) is 0 Å². The molecule has 0 aliphatic heterocycles. The van der Waals surface area contributed by atoms with Gasteiger partial charge in [-0.1, -0.05) is 12.1 Å². The molecule has 2 atom stereocenters. The molecule has 44 heavy (non-hydrogen) atoms. The van der Waals surface area contributed by atoms with Crippen molar-refractivity contribution in [2.45, 2.75) is 83.0 Å². The normalized spacial score (nSPS) is 12.2. The molecule has 2 aromatic rings. The van der Waals surface area contributed by atoms with Crippen LogP contribution < -0.4 is 16.0 Å². The Kier molecular flexibility index (Phi) is 16.5. The van der Waals surface area contributed by atoms with Gasteiger partial charge in [-0.25, -0.2) is 9.59 Å². The van der Waals surface area contributed by atoms with E-state index in [1.807, 2.05) is 36.4 Å². The highest BCUT2D eigenvalue weighted by Crippen LogP contribution is 2.10. The predicted molar refractivity (Wildman–Crippen MR) is 159 cm³/mol. The van der Waals surface area contributed by atoms with Crippen molar-refractivity contribution >= 4 is 29.8 Å². The van der Waals surface area contributed by atoms with Gasteiger partial charge in [-0.05, 0) is 69.3 Å². The number of hydrogen-bond donors (Lipinski definition) is 6. The predicted octanol–water partition coefficient (Wildman–Crippen LogP) is 2.40. The van der Waals surface area contributed by atoms with E-state index in [1.54, 1.807) is 12.4 Å². The Morgan fingerprint density at radius 2 is 1.41 bits per heavy atom. The molecular formula is C30H42N6O8. The quantitative estimate of drug-likeness (QED) is 0.106. The first-order valence-corrected chi connectivity index (χ1v) is 14.6. The molecule has 0 spiro atoms. The van der Waals surface area contributed by atoms with Crippen LogP contribution in [-0.4, -0.2) is 85.2 Å². The van der Waals surface area contributed by atoms with E-state index in [0.717, 1.165) is 24.4 Å². The summed E-state index contributed by atoms with van der Waals surface area (Å²) in [4.78, 5) is 69.0. The zero-order valence-corrected chi connectivity index (χ0v) is 24.7. The standard InChI is InChI=1S/C30H42N6O8/c37-26(12-4-8-18-36(20-23-9-1-5-15-31-23)21-24-10-2-6-16-32-24)33-17-7-3-11-25(29(42)43)35-30(44)34-22(19-28(40)41)13-14-27(38)39/h1-2,5-6,9-10,15-16,22,25H,3-4,7-8,11-14,17-21H2,(H,33,37)(H,38,39)(H,40,41)(H,42,43)(H2,34,35,44). The third-order valence-electron chi connectivity index (χ3n) is 6.66. The lowest BCUT2D eigenvalue weighted by atomic mass is 10.1. The smallest absolute Gasteiger partial charge is 0.326 e. The van der Waals surface area contributed by atoms with Gasteiger partial charge in [0.2, 0.25) is 5.91 Å². The van der Waals surface area contributed by atoms with Gasteiger partial charge in [-0.2, -0.15) is 0 Å². The molecule has 14 heteroatoms. The third-order valence-corrected chi connectivity index (χ3v) is 6.66. The van der Waals surface area contributed by atoms with Gasteiger partial charge in [0, 0.05) is 50.9 Å². The first-order valence-electron chi connectivity index (χ1n) is 14.6. The number of pyridine rings is 2. The number of urea groups is 1. The molecule has 0 aliphatic carbocycles. The zero-order chi connectivity index (χ0) is 32.2. The molecule has 0 saturated heterocycles. The van der Waals surface area contributed by atoms with E-state index in [9.17, 15) is 29.1 Å². The molecule has 6 N–H and O–H groups in total. The number of carbonyl (C=O) groups is 5. The van der Waals surface area contributed by atoms with Crippen LogP contribution in [0.15, 0.2) is 48.8 Å². The number of nitrogens with zero attached hydrogens (tertiary/aromatic N) is 3. The fraction of sp³-hybridized carbons (Fsp3) is 0.500. The second-order valence-corrected chi connectivity index (χ2v) is 10.4. The van der Waals surface area contributed by atoms with Crippen LogP contribution in [0.25, 0.3) is 0 Å². The van der Waals surface area contributed by atoms with Gasteiger partial charge in [0.05, 0.1) is 17.8 Å². The molecule has 0 saturated carbocycles. The fourth-order valence-electron chi connectivity index (χ4n) is 4.44. The molecular weight excluding hydrogens is 572 g/mol. The van der Waals surface area contributed by atoms with Gasteiger partial charge in [-0.3, -0.25) is 29.3 Å². The van der Waals surface area contributed by atoms with Crippen molar-refractivity contribution in [2.75, 3.05) is 13.1 Å². The average molecular weight is 615 g/mol. The topological polar surface area (TPSA) is 211 Å². The Balaban J connectivity index is 1.67. The summed E-state index contributed by atoms with van der Waals surface area (Å²) in [7, 11) is 0. The monoisotopic (exact) mass is 614 g/mol. The number of carboxylic acids is 3. The molecule has 0 aliphatic rings. The van der Waals surface area contributed by atoms with Crippen molar-refractivity contribution in [3.05, 3.63) is 60.2 Å². The summed E-state index contributed by atoms with van der Waals surface area (Å²) < 4.78 is 0. The van der Waals surface area contributed by atoms with Gasteiger partial charge in [0.1, 0.15) is 6.04 Å². The summed E-state index contributed by atoms with van der Waals surface area (Å²) in [5.74, 6) is -3.72. The van der Waals surface area contributed by atoms with Crippen LogP contribution in [0, 0.1) is 0 Å².